The van der Waals surface area contributed by atoms with Crippen molar-refractivity contribution in [1.29, 1.82) is 0 Å². The molecule has 106 valence electrons. The van der Waals surface area contributed by atoms with Gasteiger partial charge >= 0.3 is 0 Å². The summed E-state index contributed by atoms with van der Waals surface area (Å²) in [5.41, 5.74) is 7.02. The number of rotatable bonds is 5. The van der Waals surface area contributed by atoms with Crippen LogP contribution in [-0.2, 0) is 0 Å². The average Bonchev–Trinajstić information content (AvgIpc) is 2.88. The van der Waals surface area contributed by atoms with E-state index in [1.807, 2.05) is 19.1 Å². The Morgan fingerprint density at radius 2 is 2.15 bits per heavy atom. The Bertz CT molecular complexity index is 580. The molecule has 0 saturated heterocycles. The van der Waals surface area contributed by atoms with Crippen LogP contribution in [0.1, 0.15) is 23.8 Å². The number of amides is 1. The van der Waals surface area contributed by atoms with Gasteiger partial charge in [0.15, 0.2) is 0 Å². The molecular formula is C14H16ClN3OS. The van der Waals surface area contributed by atoms with Crippen molar-refractivity contribution in [2.45, 2.75) is 19.4 Å². The molecule has 1 aromatic carbocycles. The molecule has 2 aromatic rings. The normalized spacial score (nSPS) is 12.2. The topological polar surface area (TPSA) is 68.0 Å². The van der Waals surface area contributed by atoms with Gasteiger partial charge in [-0.25, -0.2) is 4.98 Å². The van der Waals surface area contributed by atoms with E-state index in [2.05, 4.69) is 10.3 Å². The molecule has 0 aliphatic carbocycles. The van der Waals surface area contributed by atoms with Gasteiger partial charge in [0.05, 0.1) is 0 Å². The van der Waals surface area contributed by atoms with E-state index in [4.69, 9.17) is 17.3 Å². The van der Waals surface area contributed by atoms with E-state index in [0.29, 0.717) is 17.3 Å². The van der Waals surface area contributed by atoms with Crippen molar-refractivity contribution in [3.8, 4) is 10.6 Å². The minimum absolute atomic E-state index is 0.0790. The highest BCUT2D eigenvalue weighted by atomic mass is 35.5. The van der Waals surface area contributed by atoms with Gasteiger partial charge in [0, 0.05) is 28.6 Å². The van der Waals surface area contributed by atoms with Gasteiger partial charge in [-0.2, -0.15) is 0 Å². The van der Waals surface area contributed by atoms with Crippen molar-refractivity contribution >= 4 is 28.8 Å². The van der Waals surface area contributed by atoms with Gasteiger partial charge in [-0.3, -0.25) is 4.79 Å². The van der Waals surface area contributed by atoms with Gasteiger partial charge in [0.1, 0.15) is 10.7 Å². The molecular weight excluding hydrogens is 294 g/mol. The summed E-state index contributed by atoms with van der Waals surface area (Å²) in [5.74, 6) is -0.165. The highest BCUT2D eigenvalue weighted by molar-refractivity contribution is 7.13. The Morgan fingerprint density at radius 1 is 1.45 bits per heavy atom. The number of carbonyl (C=O) groups excluding carboxylic acids is 1. The Morgan fingerprint density at radius 3 is 2.80 bits per heavy atom. The molecule has 1 amide bonds. The molecule has 6 heteroatoms. The summed E-state index contributed by atoms with van der Waals surface area (Å²) in [6.45, 7) is 2.47. The highest BCUT2D eigenvalue weighted by Gasteiger charge is 2.11. The summed E-state index contributed by atoms with van der Waals surface area (Å²) in [4.78, 5) is 16.2. The zero-order chi connectivity index (χ0) is 14.5. The first-order valence-corrected chi connectivity index (χ1v) is 7.57. The SMILES string of the molecule is CC(N)CCNC(=O)c1csc(-c2ccc(Cl)cc2)n1. The molecule has 0 aliphatic heterocycles. The zero-order valence-corrected chi connectivity index (χ0v) is 12.7. The molecule has 0 saturated carbocycles. The van der Waals surface area contributed by atoms with Crippen LogP contribution in [-0.4, -0.2) is 23.5 Å². The highest BCUT2D eigenvalue weighted by Crippen LogP contribution is 2.25. The second-order valence-electron chi connectivity index (χ2n) is 4.57. The van der Waals surface area contributed by atoms with Crippen molar-refractivity contribution in [2.24, 2.45) is 5.73 Å². The summed E-state index contributed by atoms with van der Waals surface area (Å²) < 4.78 is 0. The third kappa shape index (κ3) is 4.03. The number of nitrogens with one attached hydrogen (secondary N) is 1. The second-order valence-corrected chi connectivity index (χ2v) is 5.86. The molecule has 0 fully saturated rings. The minimum atomic E-state index is -0.165. The molecule has 1 aromatic heterocycles. The molecule has 2 rings (SSSR count). The molecule has 0 radical (unpaired) electrons. The Kier molecular flexibility index (Phi) is 5.11. The fourth-order valence-electron chi connectivity index (χ4n) is 1.61. The van der Waals surface area contributed by atoms with Crippen LogP contribution >= 0.6 is 22.9 Å². The largest absolute Gasteiger partial charge is 0.351 e. The maximum Gasteiger partial charge on any atom is 0.270 e. The lowest BCUT2D eigenvalue weighted by atomic mass is 10.2. The number of nitrogens with zero attached hydrogens (tertiary/aromatic N) is 1. The second kappa shape index (κ2) is 6.83. The van der Waals surface area contributed by atoms with E-state index < -0.39 is 0 Å². The monoisotopic (exact) mass is 309 g/mol. The third-order valence-electron chi connectivity index (χ3n) is 2.71. The number of halogens is 1. The fraction of sp³-hybridized carbons (Fsp3) is 0.286. The van der Waals surface area contributed by atoms with Gasteiger partial charge in [0.2, 0.25) is 0 Å². The summed E-state index contributed by atoms with van der Waals surface area (Å²) in [5, 5.41) is 6.05. The first-order chi connectivity index (χ1) is 9.56. The fourth-order valence-corrected chi connectivity index (χ4v) is 2.54. The number of carbonyl (C=O) groups is 1. The maximum absolute atomic E-state index is 11.9. The van der Waals surface area contributed by atoms with Gasteiger partial charge in [-0.05, 0) is 25.5 Å². The maximum atomic E-state index is 11.9. The minimum Gasteiger partial charge on any atom is -0.351 e. The predicted octanol–water partition coefficient (Wildman–Crippen LogP) is 2.93. The first kappa shape index (κ1) is 15.0. The molecule has 1 unspecified atom stereocenters. The van der Waals surface area contributed by atoms with Crippen LogP contribution in [0.2, 0.25) is 5.02 Å². The van der Waals surface area contributed by atoms with Crippen molar-refractivity contribution in [1.82, 2.24) is 10.3 Å². The standard InChI is InChI=1S/C14H16ClN3OS/c1-9(16)6-7-17-13(19)12-8-20-14(18-12)10-2-4-11(15)5-3-10/h2-5,8-9H,6-7,16H2,1H3,(H,17,19). The van der Waals surface area contributed by atoms with Crippen molar-refractivity contribution in [3.63, 3.8) is 0 Å². The molecule has 1 heterocycles. The van der Waals surface area contributed by atoms with Crippen LogP contribution < -0.4 is 11.1 Å². The summed E-state index contributed by atoms with van der Waals surface area (Å²) in [6.07, 6.45) is 0.750. The molecule has 1 atom stereocenters. The molecule has 20 heavy (non-hydrogen) atoms. The van der Waals surface area contributed by atoms with Gasteiger partial charge in [-0.15, -0.1) is 11.3 Å². The van der Waals surface area contributed by atoms with Gasteiger partial charge < -0.3 is 11.1 Å². The lowest BCUT2D eigenvalue weighted by Gasteiger charge is -2.05. The quantitative estimate of drug-likeness (QED) is 0.892. The number of nitrogens with two attached hydrogens (primary N) is 1. The van der Waals surface area contributed by atoms with E-state index in [1.54, 1.807) is 17.5 Å². The van der Waals surface area contributed by atoms with Crippen LogP contribution in [0.25, 0.3) is 10.6 Å². The number of aromatic nitrogens is 1. The van der Waals surface area contributed by atoms with Gasteiger partial charge in [-0.1, -0.05) is 23.7 Å². The number of hydrogen-bond acceptors (Lipinski definition) is 4. The van der Waals surface area contributed by atoms with Crippen LogP contribution in [0.3, 0.4) is 0 Å². The first-order valence-electron chi connectivity index (χ1n) is 6.31. The molecule has 0 bridgehead atoms. The Balaban J connectivity index is 2.01. The van der Waals surface area contributed by atoms with E-state index >= 15 is 0 Å². The van der Waals surface area contributed by atoms with Crippen LogP contribution in [0, 0.1) is 0 Å². The number of hydrogen-bond donors (Lipinski definition) is 2. The molecule has 0 spiro atoms. The third-order valence-corrected chi connectivity index (χ3v) is 3.86. The van der Waals surface area contributed by atoms with Gasteiger partial charge in [0.25, 0.3) is 5.91 Å². The average molecular weight is 310 g/mol. The summed E-state index contributed by atoms with van der Waals surface area (Å²) in [7, 11) is 0. The van der Waals surface area contributed by atoms with Crippen LogP contribution in [0.15, 0.2) is 29.6 Å². The van der Waals surface area contributed by atoms with Crippen molar-refractivity contribution < 1.29 is 4.79 Å². The van der Waals surface area contributed by atoms with Crippen LogP contribution in [0.5, 0.6) is 0 Å². The molecule has 4 nitrogen and oxygen atoms in total. The smallest absolute Gasteiger partial charge is 0.270 e. The van der Waals surface area contributed by atoms with Crippen molar-refractivity contribution in [2.75, 3.05) is 6.54 Å². The van der Waals surface area contributed by atoms with E-state index in [-0.39, 0.29) is 11.9 Å². The Labute approximate surface area is 127 Å². The van der Waals surface area contributed by atoms with Crippen molar-refractivity contribution in [3.05, 3.63) is 40.4 Å². The molecule has 3 N–H and O–H groups in total. The summed E-state index contributed by atoms with van der Waals surface area (Å²) >= 11 is 7.28. The predicted molar refractivity (Wildman–Crippen MR) is 83.2 cm³/mol. The number of benzene rings is 1. The van der Waals surface area contributed by atoms with Crippen LogP contribution in [0.4, 0.5) is 0 Å². The summed E-state index contributed by atoms with van der Waals surface area (Å²) in [6, 6.07) is 7.47. The molecule has 0 aliphatic rings. The Hall–Kier alpha value is -1.43. The van der Waals surface area contributed by atoms with E-state index in [9.17, 15) is 4.79 Å². The lowest BCUT2D eigenvalue weighted by Crippen LogP contribution is -2.29. The van der Waals surface area contributed by atoms with E-state index in [1.165, 1.54) is 11.3 Å². The van der Waals surface area contributed by atoms with E-state index in [0.717, 1.165) is 17.0 Å². The number of thiazole rings is 1. The zero-order valence-electron chi connectivity index (χ0n) is 11.1. The lowest BCUT2D eigenvalue weighted by molar-refractivity contribution is 0.0948.